The van der Waals surface area contributed by atoms with E-state index >= 15 is 0 Å². The van der Waals surface area contributed by atoms with Crippen LogP contribution in [0.15, 0.2) is 39.6 Å². The minimum atomic E-state index is 0.730. The van der Waals surface area contributed by atoms with Crippen molar-refractivity contribution in [2.75, 3.05) is 0 Å². The summed E-state index contributed by atoms with van der Waals surface area (Å²) in [5, 5.41) is 3.47. The molecule has 1 aromatic heterocycles. The maximum atomic E-state index is 5.85. The second-order valence-corrected chi connectivity index (χ2v) is 6.61. The van der Waals surface area contributed by atoms with E-state index in [1.165, 1.54) is 28.9 Å². The molecule has 2 nitrogen and oxygen atoms in total. The van der Waals surface area contributed by atoms with Gasteiger partial charge in [-0.05, 0) is 62.1 Å². The molecule has 0 saturated heterocycles. The van der Waals surface area contributed by atoms with Gasteiger partial charge in [0, 0.05) is 10.9 Å². The Labute approximate surface area is 125 Å². The van der Waals surface area contributed by atoms with Gasteiger partial charge in [0.1, 0.15) is 11.5 Å². The van der Waals surface area contributed by atoms with Crippen molar-refractivity contribution in [3.05, 3.63) is 53.0 Å². The molecule has 1 heterocycles. The number of furan rings is 1. The van der Waals surface area contributed by atoms with E-state index < -0.39 is 0 Å². The highest BCUT2D eigenvalue weighted by Crippen LogP contribution is 2.26. The number of thioether (sulfide) groups is 1. The van der Waals surface area contributed by atoms with Crippen LogP contribution < -0.4 is 5.32 Å². The summed E-state index contributed by atoms with van der Waals surface area (Å²) in [5.74, 6) is 3.00. The zero-order valence-corrected chi connectivity index (χ0v) is 12.9. The Morgan fingerprint density at radius 1 is 1.10 bits per heavy atom. The molecule has 3 heteroatoms. The fraction of sp³-hybridized carbons (Fsp3) is 0.412. The molecule has 0 amide bonds. The van der Waals surface area contributed by atoms with Crippen molar-refractivity contribution in [1.29, 1.82) is 0 Å². The van der Waals surface area contributed by atoms with Gasteiger partial charge in [0.05, 0.1) is 12.3 Å². The number of rotatable bonds is 6. The predicted molar refractivity (Wildman–Crippen MR) is 84.0 cm³/mol. The highest BCUT2D eigenvalue weighted by atomic mass is 32.2. The van der Waals surface area contributed by atoms with E-state index in [0.29, 0.717) is 0 Å². The third-order valence-electron chi connectivity index (χ3n) is 3.72. The van der Waals surface area contributed by atoms with Gasteiger partial charge in [-0.15, -0.1) is 11.8 Å². The largest absolute Gasteiger partial charge is 0.464 e. The van der Waals surface area contributed by atoms with Crippen LogP contribution in [-0.2, 0) is 12.3 Å². The zero-order valence-electron chi connectivity index (χ0n) is 12.1. The lowest BCUT2D eigenvalue weighted by Gasteiger charge is -2.04. The third-order valence-corrected chi connectivity index (χ3v) is 4.74. The summed E-state index contributed by atoms with van der Waals surface area (Å²) in [6.07, 6.45) is 2.63. The molecular weight excluding hydrogens is 266 g/mol. The second kappa shape index (κ2) is 6.06. The first-order valence-corrected chi connectivity index (χ1v) is 8.20. The summed E-state index contributed by atoms with van der Waals surface area (Å²) in [4.78, 5) is 1.31. The van der Waals surface area contributed by atoms with Gasteiger partial charge < -0.3 is 9.73 Å². The molecule has 0 aliphatic heterocycles. The maximum absolute atomic E-state index is 5.85. The quantitative estimate of drug-likeness (QED) is 0.795. The highest BCUT2D eigenvalue weighted by molar-refractivity contribution is 7.98. The molecule has 1 fully saturated rings. The predicted octanol–water partition coefficient (Wildman–Crippen LogP) is 4.44. The van der Waals surface area contributed by atoms with Crippen LogP contribution in [0.2, 0.25) is 0 Å². The Morgan fingerprint density at radius 2 is 1.90 bits per heavy atom. The van der Waals surface area contributed by atoms with Crippen molar-refractivity contribution < 1.29 is 4.42 Å². The average molecular weight is 287 g/mol. The molecule has 2 aromatic rings. The lowest BCUT2D eigenvalue weighted by atomic mass is 10.1. The molecule has 0 spiro atoms. The van der Waals surface area contributed by atoms with E-state index in [4.69, 9.17) is 4.42 Å². The minimum Gasteiger partial charge on any atom is -0.464 e. The van der Waals surface area contributed by atoms with Crippen molar-refractivity contribution in [1.82, 2.24) is 5.32 Å². The summed E-state index contributed by atoms with van der Waals surface area (Å²) in [5.41, 5.74) is 2.70. The number of aryl methyl sites for hydroxylation is 2. The lowest BCUT2D eigenvalue weighted by molar-refractivity contribution is 0.458. The molecule has 20 heavy (non-hydrogen) atoms. The molecule has 0 atom stereocenters. The van der Waals surface area contributed by atoms with Crippen LogP contribution in [0.25, 0.3) is 0 Å². The fourth-order valence-electron chi connectivity index (χ4n) is 2.09. The molecule has 1 aliphatic rings. The van der Waals surface area contributed by atoms with E-state index in [-0.39, 0.29) is 0 Å². The van der Waals surface area contributed by atoms with Crippen molar-refractivity contribution in [2.24, 2.45) is 0 Å². The monoisotopic (exact) mass is 287 g/mol. The summed E-state index contributed by atoms with van der Waals surface area (Å²) < 4.78 is 5.85. The van der Waals surface area contributed by atoms with Gasteiger partial charge in [-0.1, -0.05) is 6.07 Å². The first-order valence-electron chi connectivity index (χ1n) is 7.22. The van der Waals surface area contributed by atoms with Crippen LogP contribution in [0.4, 0.5) is 0 Å². The average Bonchev–Trinajstić information content (AvgIpc) is 3.16. The standard InChI is InChI=1S/C17H21NOS/c1-12-3-8-17(9-13(12)2)20-11-16-7-6-15(19-16)10-18-14-4-5-14/h3,6-9,14,18H,4-5,10-11H2,1-2H3. The first-order chi connectivity index (χ1) is 9.70. The molecule has 0 unspecified atom stereocenters. The maximum Gasteiger partial charge on any atom is 0.118 e. The lowest BCUT2D eigenvalue weighted by Crippen LogP contribution is -2.14. The third kappa shape index (κ3) is 3.68. The van der Waals surface area contributed by atoms with Crippen LogP contribution in [0, 0.1) is 13.8 Å². The van der Waals surface area contributed by atoms with Gasteiger partial charge in [-0.2, -0.15) is 0 Å². The Morgan fingerprint density at radius 3 is 2.65 bits per heavy atom. The first kappa shape index (κ1) is 13.8. The van der Waals surface area contributed by atoms with Crippen LogP contribution in [0.1, 0.15) is 35.5 Å². The van der Waals surface area contributed by atoms with Gasteiger partial charge in [0.2, 0.25) is 0 Å². The van der Waals surface area contributed by atoms with E-state index in [1.807, 2.05) is 11.8 Å². The molecule has 1 saturated carbocycles. The SMILES string of the molecule is Cc1ccc(SCc2ccc(CNC3CC3)o2)cc1C. The van der Waals surface area contributed by atoms with Crippen LogP contribution in [-0.4, -0.2) is 6.04 Å². The molecule has 106 valence electrons. The molecule has 1 aromatic carbocycles. The number of benzene rings is 1. The summed E-state index contributed by atoms with van der Waals surface area (Å²) in [7, 11) is 0. The molecule has 3 rings (SSSR count). The summed E-state index contributed by atoms with van der Waals surface area (Å²) in [6.45, 7) is 5.17. The Kier molecular flexibility index (Phi) is 4.18. The zero-order chi connectivity index (χ0) is 13.9. The van der Waals surface area contributed by atoms with Crippen LogP contribution in [0.5, 0.6) is 0 Å². The van der Waals surface area contributed by atoms with Gasteiger partial charge in [0.15, 0.2) is 0 Å². The highest BCUT2D eigenvalue weighted by Gasteiger charge is 2.20. The molecular formula is C17H21NOS. The Bertz CT molecular complexity index is 586. The normalized spacial score (nSPS) is 14.7. The van der Waals surface area contributed by atoms with E-state index in [0.717, 1.165) is 29.9 Å². The molecule has 1 aliphatic carbocycles. The van der Waals surface area contributed by atoms with Gasteiger partial charge in [0.25, 0.3) is 0 Å². The van der Waals surface area contributed by atoms with E-state index in [9.17, 15) is 0 Å². The smallest absolute Gasteiger partial charge is 0.118 e. The molecule has 0 radical (unpaired) electrons. The van der Waals surface area contributed by atoms with Crippen LogP contribution >= 0.6 is 11.8 Å². The van der Waals surface area contributed by atoms with Gasteiger partial charge in [-0.3, -0.25) is 0 Å². The van der Waals surface area contributed by atoms with Gasteiger partial charge >= 0.3 is 0 Å². The number of hydrogen-bond acceptors (Lipinski definition) is 3. The number of hydrogen-bond donors (Lipinski definition) is 1. The number of nitrogens with one attached hydrogen (secondary N) is 1. The van der Waals surface area contributed by atoms with Gasteiger partial charge in [-0.25, -0.2) is 0 Å². The van der Waals surface area contributed by atoms with Crippen molar-refractivity contribution >= 4 is 11.8 Å². The Hall–Kier alpha value is -1.19. The topological polar surface area (TPSA) is 25.2 Å². The van der Waals surface area contributed by atoms with Crippen LogP contribution in [0.3, 0.4) is 0 Å². The van der Waals surface area contributed by atoms with Crippen molar-refractivity contribution in [3.63, 3.8) is 0 Å². The van der Waals surface area contributed by atoms with E-state index in [1.54, 1.807) is 0 Å². The molecule has 0 bridgehead atoms. The van der Waals surface area contributed by atoms with Crippen molar-refractivity contribution in [3.8, 4) is 0 Å². The minimum absolute atomic E-state index is 0.730. The second-order valence-electron chi connectivity index (χ2n) is 5.56. The fourth-order valence-corrected chi connectivity index (χ4v) is 2.97. The van der Waals surface area contributed by atoms with Crippen molar-refractivity contribution in [2.45, 2.75) is 49.9 Å². The van der Waals surface area contributed by atoms with E-state index in [2.05, 4.69) is 49.5 Å². The Balaban J connectivity index is 1.53. The summed E-state index contributed by atoms with van der Waals surface area (Å²) in [6, 6.07) is 11.5. The summed E-state index contributed by atoms with van der Waals surface area (Å²) >= 11 is 1.83. The molecule has 1 N–H and O–H groups in total.